The lowest BCUT2D eigenvalue weighted by Crippen LogP contribution is -2.31. The van der Waals surface area contributed by atoms with E-state index >= 15 is 0 Å². The Labute approximate surface area is 125 Å². The van der Waals surface area contributed by atoms with E-state index in [0.717, 1.165) is 37.9 Å². The Balaban J connectivity index is 1.96. The van der Waals surface area contributed by atoms with Crippen LogP contribution in [0.5, 0.6) is 11.5 Å². The van der Waals surface area contributed by atoms with E-state index in [9.17, 15) is 8.42 Å². The van der Waals surface area contributed by atoms with Crippen molar-refractivity contribution in [3.63, 3.8) is 0 Å². The molecule has 0 radical (unpaired) electrons. The normalized spacial score (nSPS) is 22.0. The van der Waals surface area contributed by atoms with Gasteiger partial charge in [-0.2, -0.15) is 0 Å². The Morgan fingerprint density at radius 2 is 1.95 bits per heavy atom. The number of piperidine rings is 1. The van der Waals surface area contributed by atoms with Crippen LogP contribution in [-0.2, 0) is 16.3 Å². The first-order valence-electron chi connectivity index (χ1n) is 7.37. The SMILES string of the molecule is CS(=O)(=O)c1cc2c(cc1CC1CCCNC1)OCCO2. The summed E-state index contributed by atoms with van der Waals surface area (Å²) in [7, 11) is -3.27. The minimum atomic E-state index is -3.27. The fourth-order valence-corrected chi connectivity index (χ4v) is 3.97. The molecule has 2 heterocycles. The minimum absolute atomic E-state index is 0.373. The summed E-state index contributed by atoms with van der Waals surface area (Å²) in [5.74, 6) is 1.67. The molecule has 21 heavy (non-hydrogen) atoms. The van der Waals surface area contributed by atoms with Gasteiger partial charge in [-0.05, 0) is 49.9 Å². The van der Waals surface area contributed by atoms with Gasteiger partial charge in [-0.3, -0.25) is 0 Å². The summed E-state index contributed by atoms with van der Waals surface area (Å²) >= 11 is 0. The zero-order valence-corrected chi connectivity index (χ0v) is 13.0. The maximum Gasteiger partial charge on any atom is 0.175 e. The van der Waals surface area contributed by atoms with Gasteiger partial charge in [-0.15, -0.1) is 0 Å². The van der Waals surface area contributed by atoms with Crippen LogP contribution in [0.1, 0.15) is 18.4 Å². The van der Waals surface area contributed by atoms with Crippen LogP contribution in [-0.4, -0.2) is 41.0 Å². The van der Waals surface area contributed by atoms with Crippen LogP contribution < -0.4 is 14.8 Å². The van der Waals surface area contributed by atoms with Crippen molar-refractivity contribution in [3.05, 3.63) is 17.7 Å². The molecular formula is C15H21NO4S. The highest BCUT2D eigenvalue weighted by Crippen LogP contribution is 2.36. The quantitative estimate of drug-likeness (QED) is 0.914. The molecular weight excluding hydrogens is 290 g/mol. The molecule has 2 aliphatic heterocycles. The van der Waals surface area contributed by atoms with Crippen LogP contribution >= 0.6 is 0 Å². The average Bonchev–Trinajstić information content (AvgIpc) is 2.46. The lowest BCUT2D eigenvalue weighted by atomic mass is 9.92. The highest BCUT2D eigenvalue weighted by molar-refractivity contribution is 7.90. The van der Waals surface area contributed by atoms with E-state index in [0.29, 0.717) is 35.5 Å². The van der Waals surface area contributed by atoms with Gasteiger partial charge in [0.05, 0.1) is 4.90 Å². The fourth-order valence-electron chi connectivity index (χ4n) is 3.03. The molecule has 2 aliphatic rings. The van der Waals surface area contributed by atoms with Gasteiger partial charge in [-0.25, -0.2) is 8.42 Å². The molecule has 3 rings (SSSR count). The van der Waals surface area contributed by atoms with Crippen molar-refractivity contribution < 1.29 is 17.9 Å². The van der Waals surface area contributed by atoms with Gasteiger partial charge < -0.3 is 14.8 Å². The Morgan fingerprint density at radius 1 is 1.24 bits per heavy atom. The standard InChI is InChI=1S/C15H21NO4S/c1-21(17,18)15-9-14-13(19-5-6-20-14)8-12(15)7-11-3-2-4-16-10-11/h8-9,11,16H,2-7,10H2,1H3. The van der Waals surface area contributed by atoms with Gasteiger partial charge in [0.1, 0.15) is 13.2 Å². The lowest BCUT2D eigenvalue weighted by molar-refractivity contribution is 0.170. The summed E-state index contributed by atoms with van der Waals surface area (Å²) in [5.41, 5.74) is 0.843. The van der Waals surface area contributed by atoms with Crippen LogP contribution in [0.15, 0.2) is 17.0 Å². The molecule has 1 aromatic carbocycles. The summed E-state index contributed by atoms with van der Waals surface area (Å²) in [6.07, 6.45) is 4.28. The number of sulfone groups is 1. The summed E-state index contributed by atoms with van der Waals surface area (Å²) in [4.78, 5) is 0.373. The van der Waals surface area contributed by atoms with Gasteiger partial charge in [0.25, 0.3) is 0 Å². The smallest absolute Gasteiger partial charge is 0.175 e. The number of hydrogen-bond donors (Lipinski definition) is 1. The topological polar surface area (TPSA) is 64.6 Å². The molecule has 116 valence electrons. The number of benzene rings is 1. The second-order valence-corrected chi connectivity index (χ2v) is 7.78. The second-order valence-electron chi connectivity index (χ2n) is 5.79. The predicted molar refractivity (Wildman–Crippen MR) is 79.8 cm³/mol. The van der Waals surface area contributed by atoms with Crippen LogP contribution in [0.2, 0.25) is 0 Å². The molecule has 1 N–H and O–H groups in total. The molecule has 1 aromatic rings. The first-order chi connectivity index (χ1) is 10.0. The molecule has 0 amide bonds. The van der Waals surface area contributed by atoms with Crippen LogP contribution in [0.4, 0.5) is 0 Å². The first-order valence-corrected chi connectivity index (χ1v) is 9.26. The van der Waals surface area contributed by atoms with Gasteiger partial charge in [-0.1, -0.05) is 0 Å². The van der Waals surface area contributed by atoms with Crippen molar-refractivity contribution in [2.45, 2.75) is 24.2 Å². The molecule has 1 fully saturated rings. The van der Waals surface area contributed by atoms with Crippen molar-refractivity contribution in [1.29, 1.82) is 0 Å². The van der Waals surface area contributed by atoms with E-state index in [-0.39, 0.29) is 0 Å². The van der Waals surface area contributed by atoms with E-state index in [1.165, 1.54) is 6.26 Å². The molecule has 1 saturated heterocycles. The molecule has 0 bridgehead atoms. The molecule has 5 nitrogen and oxygen atoms in total. The van der Waals surface area contributed by atoms with E-state index in [4.69, 9.17) is 9.47 Å². The highest BCUT2D eigenvalue weighted by atomic mass is 32.2. The average molecular weight is 311 g/mol. The van der Waals surface area contributed by atoms with E-state index in [2.05, 4.69) is 5.32 Å². The minimum Gasteiger partial charge on any atom is -0.486 e. The highest BCUT2D eigenvalue weighted by Gasteiger charge is 2.23. The van der Waals surface area contributed by atoms with E-state index < -0.39 is 9.84 Å². The van der Waals surface area contributed by atoms with Crippen LogP contribution in [0.25, 0.3) is 0 Å². The maximum absolute atomic E-state index is 12.1. The number of rotatable bonds is 3. The van der Waals surface area contributed by atoms with Crippen molar-refractivity contribution in [1.82, 2.24) is 5.32 Å². The maximum atomic E-state index is 12.1. The summed E-state index contributed by atoms with van der Waals surface area (Å²) in [6.45, 7) is 2.96. The van der Waals surface area contributed by atoms with E-state index in [1.54, 1.807) is 6.07 Å². The Bertz CT molecular complexity index is 621. The fraction of sp³-hybridized carbons (Fsp3) is 0.600. The summed E-state index contributed by atoms with van der Waals surface area (Å²) < 4.78 is 35.2. The van der Waals surface area contributed by atoms with Gasteiger partial charge in [0.2, 0.25) is 0 Å². The third-order valence-corrected chi connectivity index (χ3v) is 5.21. The summed E-state index contributed by atoms with van der Waals surface area (Å²) in [6, 6.07) is 3.47. The summed E-state index contributed by atoms with van der Waals surface area (Å²) in [5, 5.41) is 3.37. The molecule has 1 atom stereocenters. The largest absolute Gasteiger partial charge is 0.486 e. The Hall–Kier alpha value is -1.27. The predicted octanol–water partition coefficient (Wildman–Crippen LogP) is 1.40. The number of ether oxygens (including phenoxy) is 2. The van der Waals surface area contributed by atoms with Gasteiger partial charge in [0.15, 0.2) is 21.3 Å². The molecule has 1 unspecified atom stereocenters. The first kappa shape index (κ1) is 14.7. The van der Waals surface area contributed by atoms with Crippen LogP contribution in [0.3, 0.4) is 0 Å². The third-order valence-electron chi connectivity index (χ3n) is 4.03. The van der Waals surface area contributed by atoms with Crippen molar-refractivity contribution in [2.24, 2.45) is 5.92 Å². The lowest BCUT2D eigenvalue weighted by Gasteiger charge is -2.25. The van der Waals surface area contributed by atoms with Crippen LogP contribution in [0, 0.1) is 5.92 Å². The number of nitrogens with one attached hydrogen (secondary N) is 1. The number of fused-ring (bicyclic) bond motifs is 1. The van der Waals surface area contributed by atoms with Gasteiger partial charge in [0, 0.05) is 12.3 Å². The second kappa shape index (κ2) is 5.85. The van der Waals surface area contributed by atoms with Crippen molar-refractivity contribution in [2.75, 3.05) is 32.6 Å². The molecule has 0 saturated carbocycles. The Morgan fingerprint density at radius 3 is 2.57 bits per heavy atom. The zero-order chi connectivity index (χ0) is 14.9. The van der Waals surface area contributed by atoms with Crippen molar-refractivity contribution >= 4 is 9.84 Å². The van der Waals surface area contributed by atoms with Gasteiger partial charge >= 0.3 is 0 Å². The van der Waals surface area contributed by atoms with E-state index in [1.807, 2.05) is 6.07 Å². The molecule has 6 heteroatoms. The third kappa shape index (κ3) is 3.32. The molecule has 0 spiro atoms. The Kier molecular flexibility index (Phi) is 4.08. The monoisotopic (exact) mass is 311 g/mol. The number of hydrogen-bond acceptors (Lipinski definition) is 5. The zero-order valence-electron chi connectivity index (χ0n) is 12.2. The molecule has 0 aliphatic carbocycles. The molecule has 0 aromatic heterocycles. The van der Waals surface area contributed by atoms with Crippen molar-refractivity contribution in [3.8, 4) is 11.5 Å².